The number of methoxy groups -OCH3 is 1. The highest BCUT2D eigenvalue weighted by Crippen LogP contribution is 2.28. The normalized spacial score (nSPS) is 12.5. The van der Waals surface area contributed by atoms with Crippen molar-refractivity contribution in [1.82, 2.24) is 4.98 Å². The van der Waals surface area contributed by atoms with Gasteiger partial charge in [-0.1, -0.05) is 18.2 Å². The van der Waals surface area contributed by atoms with E-state index in [4.69, 9.17) is 4.74 Å². The highest BCUT2D eigenvalue weighted by molar-refractivity contribution is 7.18. The second-order valence-corrected chi connectivity index (χ2v) is 6.14. The Labute approximate surface area is 127 Å². The molecule has 3 nitrogen and oxygen atoms in total. The molecule has 0 bridgehead atoms. The van der Waals surface area contributed by atoms with Gasteiger partial charge in [0.15, 0.2) is 0 Å². The van der Waals surface area contributed by atoms with Crippen molar-refractivity contribution in [3.05, 3.63) is 58.6 Å². The zero-order valence-electron chi connectivity index (χ0n) is 12.0. The fraction of sp³-hybridized carbons (Fsp3) is 0.235. The third-order valence-corrected chi connectivity index (χ3v) is 4.57. The zero-order valence-corrected chi connectivity index (χ0v) is 12.9. The second-order valence-electron chi connectivity index (χ2n) is 5.02. The van der Waals surface area contributed by atoms with Gasteiger partial charge in [-0.15, -0.1) is 11.3 Å². The Morgan fingerprint density at radius 1 is 1.24 bits per heavy atom. The summed E-state index contributed by atoms with van der Waals surface area (Å²) < 4.78 is 6.40. The second kappa shape index (κ2) is 5.84. The summed E-state index contributed by atoms with van der Waals surface area (Å²) in [4.78, 5) is 4.57. The van der Waals surface area contributed by atoms with E-state index in [0.29, 0.717) is 6.42 Å². The van der Waals surface area contributed by atoms with Gasteiger partial charge in [0.1, 0.15) is 5.75 Å². The van der Waals surface area contributed by atoms with E-state index in [1.165, 1.54) is 0 Å². The number of para-hydroxylation sites is 1. The molecule has 1 heterocycles. The van der Waals surface area contributed by atoms with E-state index in [0.717, 1.165) is 32.1 Å². The smallest absolute Gasteiger partial charge is 0.121 e. The standard InChI is InChI=1S/C17H17NO2S/c1-11-9-12(7-8-15(11)20-2)14(19)10-17-18-13-5-3-4-6-16(13)21-17/h3-9,14,19H,10H2,1-2H3. The summed E-state index contributed by atoms with van der Waals surface area (Å²) in [6.45, 7) is 1.98. The summed E-state index contributed by atoms with van der Waals surface area (Å²) in [7, 11) is 1.65. The predicted molar refractivity (Wildman–Crippen MR) is 86.0 cm³/mol. The Bertz CT molecular complexity index is 733. The molecule has 0 aliphatic heterocycles. The van der Waals surface area contributed by atoms with Crippen molar-refractivity contribution in [2.75, 3.05) is 7.11 Å². The van der Waals surface area contributed by atoms with E-state index >= 15 is 0 Å². The van der Waals surface area contributed by atoms with E-state index in [1.807, 2.05) is 43.3 Å². The lowest BCUT2D eigenvalue weighted by atomic mass is 10.0. The van der Waals surface area contributed by atoms with Crippen LogP contribution in [-0.2, 0) is 6.42 Å². The number of aliphatic hydroxyl groups is 1. The van der Waals surface area contributed by atoms with Crippen LogP contribution in [0.5, 0.6) is 5.75 Å². The van der Waals surface area contributed by atoms with Crippen molar-refractivity contribution in [1.29, 1.82) is 0 Å². The van der Waals surface area contributed by atoms with Crippen LogP contribution in [0.2, 0.25) is 0 Å². The summed E-state index contributed by atoms with van der Waals surface area (Å²) >= 11 is 1.64. The van der Waals surface area contributed by atoms with Crippen molar-refractivity contribution < 1.29 is 9.84 Å². The van der Waals surface area contributed by atoms with Gasteiger partial charge in [0.25, 0.3) is 0 Å². The van der Waals surface area contributed by atoms with Gasteiger partial charge >= 0.3 is 0 Å². The third-order valence-electron chi connectivity index (χ3n) is 3.51. The van der Waals surface area contributed by atoms with E-state index < -0.39 is 6.10 Å². The number of aromatic nitrogens is 1. The average Bonchev–Trinajstić information content (AvgIpc) is 2.89. The van der Waals surface area contributed by atoms with Crippen molar-refractivity contribution >= 4 is 21.6 Å². The molecule has 21 heavy (non-hydrogen) atoms. The number of thiazole rings is 1. The number of rotatable bonds is 4. The van der Waals surface area contributed by atoms with Crippen molar-refractivity contribution in [3.8, 4) is 5.75 Å². The number of aliphatic hydroxyl groups excluding tert-OH is 1. The first-order valence-electron chi connectivity index (χ1n) is 6.84. The Kier molecular flexibility index (Phi) is 3.90. The molecule has 0 spiro atoms. The first kappa shape index (κ1) is 14.0. The molecule has 3 rings (SSSR count). The van der Waals surface area contributed by atoms with Gasteiger partial charge in [-0.3, -0.25) is 0 Å². The lowest BCUT2D eigenvalue weighted by Crippen LogP contribution is -2.02. The SMILES string of the molecule is COc1ccc(C(O)Cc2nc3ccccc3s2)cc1C. The van der Waals surface area contributed by atoms with Crippen LogP contribution in [0.15, 0.2) is 42.5 Å². The van der Waals surface area contributed by atoms with Gasteiger partial charge in [0.2, 0.25) is 0 Å². The van der Waals surface area contributed by atoms with Gasteiger partial charge in [0, 0.05) is 6.42 Å². The van der Waals surface area contributed by atoms with E-state index in [2.05, 4.69) is 11.1 Å². The summed E-state index contributed by atoms with van der Waals surface area (Å²) in [6.07, 6.45) is -0.0133. The molecular weight excluding hydrogens is 282 g/mol. The largest absolute Gasteiger partial charge is 0.496 e. The molecule has 1 N–H and O–H groups in total. The number of benzene rings is 2. The zero-order chi connectivity index (χ0) is 14.8. The van der Waals surface area contributed by atoms with E-state index in [9.17, 15) is 5.11 Å². The van der Waals surface area contributed by atoms with Crippen LogP contribution in [0.4, 0.5) is 0 Å². The molecule has 0 amide bonds. The molecule has 1 aromatic heterocycles. The number of hydrogen-bond donors (Lipinski definition) is 1. The number of nitrogens with zero attached hydrogens (tertiary/aromatic N) is 1. The predicted octanol–water partition coefficient (Wildman–Crippen LogP) is 3.89. The van der Waals surface area contributed by atoms with E-state index in [1.54, 1.807) is 18.4 Å². The minimum absolute atomic E-state index is 0.533. The fourth-order valence-corrected chi connectivity index (χ4v) is 3.40. The fourth-order valence-electron chi connectivity index (χ4n) is 2.40. The quantitative estimate of drug-likeness (QED) is 0.794. The Hall–Kier alpha value is -1.91. The molecule has 1 atom stereocenters. The molecule has 0 saturated heterocycles. The van der Waals surface area contributed by atoms with E-state index in [-0.39, 0.29) is 0 Å². The van der Waals surface area contributed by atoms with Crippen LogP contribution >= 0.6 is 11.3 Å². The average molecular weight is 299 g/mol. The number of aryl methyl sites for hydroxylation is 1. The van der Waals surface area contributed by atoms with Crippen LogP contribution in [0.25, 0.3) is 10.2 Å². The van der Waals surface area contributed by atoms with Crippen LogP contribution in [-0.4, -0.2) is 17.2 Å². The molecule has 108 valence electrons. The summed E-state index contributed by atoms with van der Waals surface area (Å²) in [6, 6.07) is 13.8. The van der Waals surface area contributed by atoms with Crippen LogP contribution in [0.1, 0.15) is 22.2 Å². The summed E-state index contributed by atoms with van der Waals surface area (Å²) in [5.41, 5.74) is 2.92. The minimum Gasteiger partial charge on any atom is -0.496 e. The van der Waals surface area contributed by atoms with Gasteiger partial charge < -0.3 is 9.84 Å². The monoisotopic (exact) mass is 299 g/mol. The summed E-state index contributed by atoms with van der Waals surface area (Å²) in [5.74, 6) is 0.839. The lowest BCUT2D eigenvalue weighted by Gasteiger charge is -2.12. The molecule has 0 aliphatic carbocycles. The molecule has 4 heteroatoms. The maximum absolute atomic E-state index is 10.4. The maximum Gasteiger partial charge on any atom is 0.121 e. The topological polar surface area (TPSA) is 42.4 Å². The van der Waals surface area contributed by atoms with Crippen LogP contribution in [0, 0.1) is 6.92 Å². The molecule has 0 aliphatic rings. The van der Waals surface area contributed by atoms with Gasteiger partial charge in [-0.05, 0) is 42.3 Å². The van der Waals surface area contributed by atoms with Gasteiger partial charge in [-0.25, -0.2) is 4.98 Å². The van der Waals surface area contributed by atoms with Gasteiger partial charge in [0.05, 0.1) is 28.4 Å². The molecule has 3 aromatic rings. The first-order valence-corrected chi connectivity index (χ1v) is 7.66. The number of fused-ring (bicyclic) bond motifs is 1. The Morgan fingerprint density at radius 2 is 2.05 bits per heavy atom. The summed E-state index contributed by atoms with van der Waals surface area (Å²) in [5, 5.41) is 11.4. The number of hydrogen-bond acceptors (Lipinski definition) is 4. The highest BCUT2D eigenvalue weighted by Gasteiger charge is 2.13. The van der Waals surface area contributed by atoms with Crippen molar-refractivity contribution in [3.63, 3.8) is 0 Å². The Morgan fingerprint density at radius 3 is 2.76 bits per heavy atom. The van der Waals surface area contributed by atoms with Crippen LogP contribution in [0.3, 0.4) is 0 Å². The third kappa shape index (κ3) is 2.91. The maximum atomic E-state index is 10.4. The Balaban J connectivity index is 1.82. The molecule has 0 fully saturated rings. The van der Waals surface area contributed by atoms with Crippen LogP contribution < -0.4 is 4.74 Å². The van der Waals surface area contributed by atoms with Crippen molar-refractivity contribution in [2.24, 2.45) is 0 Å². The lowest BCUT2D eigenvalue weighted by molar-refractivity contribution is 0.178. The first-order chi connectivity index (χ1) is 10.2. The molecule has 2 aromatic carbocycles. The molecule has 1 unspecified atom stereocenters. The minimum atomic E-state index is -0.546. The van der Waals surface area contributed by atoms with Gasteiger partial charge in [-0.2, -0.15) is 0 Å². The molecule has 0 radical (unpaired) electrons. The molecule has 0 saturated carbocycles. The highest BCUT2D eigenvalue weighted by atomic mass is 32.1. The van der Waals surface area contributed by atoms with Crippen molar-refractivity contribution in [2.45, 2.75) is 19.4 Å². The number of ether oxygens (including phenoxy) is 1. The molecular formula is C17H17NO2S.